The van der Waals surface area contributed by atoms with E-state index < -0.39 is 0 Å². The number of ketones is 1. The zero-order valence-corrected chi connectivity index (χ0v) is 11.2. The topological polar surface area (TPSA) is 22.0 Å². The van der Waals surface area contributed by atoms with Crippen LogP contribution in [0.25, 0.3) is 16.6 Å². The van der Waals surface area contributed by atoms with Gasteiger partial charge in [0.1, 0.15) is 0 Å². The predicted molar refractivity (Wildman–Crippen MR) is 78.3 cm³/mol. The van der Waals surface area contributed by atoms with Crippen molar-refractivity contribution in [2.24, 2.45) is 0 Å². The van der Waals surface area contributed by atoms with Gasteiger partial charge in [0.2, 0.25) is 0 Å². The van der Waals surface area contributed by atoms with Gasteiger partial charge in [-0.25, -0.2) is 0 Å². The third kappa shape index (κ3) is 1.94. The van der Waals surface area contributed by atoms with Gasteiger partial charge in [-0.1, -0.05) is 41.9 Å². The zero-order chi connectivity index (χ0) is 13.4. The Kier molecular flexibility index (Phi) is 2.88. The second-order valence-corrected chi connectivity index (χ2v) is 4.84. The first-order valence-electron chi connectivity index (χ1n) is 6.04. The van der Waals surface area contributed by atoms with Gasteiger partial charge in [-0.05, 0) is 25.1 Å². The number of carbonyl (C=O) groups is 1. The fraction of sp³-hybridized carbons (Fsp3) is 0.0625. The predicted octanol–water partition coefficient (Wildman–Crippen LogP) is 4.49. The van der Waals surface area contributed by atoms with E-state index in [2.05, 4.69) is 0 Å². The van der Waals surface area contributed by atoms with Crippen molar-refractivity contribution in [3.8, 4) is 5.69 Å². The molecule has 1 heterocycles. The Balaban J connectivity index is 2.37. The molecule has 0 amide bonds. The van der Waals surface area contributed by atoms with Crippen LogP contribution in [0.2, 0.25) is 5.02 Å². The molecule has 0 bridgehead atoms. The van der Waals surface area contributed by atoms with Gasteiger partial charge in [0.25, 0.3) is 0 Å². The Hall–Kier alpha value is -2.06. The van der Waals surface area contributed by atoms with Gasteiger partial charge in [0, 0.05) is 17.1 Å². The maximum Gasteiger partial charge on any atom is 0.161 e. The van der Waals surface area contributed by atoms with Gasteiger partial charge in [-0.3, -0.25) is 4.79 Å². The summed E-state index contributed by atoms with van der Waals surface area (Å²) in [6.07, 6.45) is 1.86. The molecule has 94 valence electrons. The number of fused-ring (bicyclic) bond motifs is 1. The number of benzene rings is 2. The lowest BCUT2D eigenvalue weighted by Crippen LogP contribution is -1.93. The number of hydrogen-bond donors (Lipinski definition) is 0. The van der Waals surface area contributed by atoms with Crippen molar-refractivity contribution in [2.75, 3.05) is 0 Å². The van der Waals surface area contributed by atoms with E-state index in [1.807, 2.05) is 59.3 Å². The Bertz CT molecular complexity index is 773. The third-order valence-corrected chi connectivity index (χ3v) is 3.52. The summed E-state index contributed by atoms with van der Waals surface area (Å²) in [7, 11) is 0. The third-order valence-electron chi connectivity index (χ3n) is 3.20. The lowest BCUT2D eigenvalue weighted by Gasteiger charge is -2.06. The summed E-state index contributed by atoms with van der Waals surface area (Å²) in [5.41, 5.74) is 2.59. The van der Waals surface area contributed by atoms with Crippen LogP contribution >= 0.6 is 11.6 Å². The monoisotopic (exact) mass is 269 g/mol. The molecule has 0 atom stereocenters. The van der Waals surface area contributed by atoms with Crippen LogP contribution in [-0.4, -0.2) is 10.4 Å². The van der Waals surface area contributed by atoms with Crippen molar-refractivity contribution in [1.29, 1.82) is 0 Å². The van der Waals surface area contributed by atoms with Gasteiger partial charge in [-0.15, -0.1) is 0 Å². The molecule has 2 nitrogen and oxygen atoms in total. The maximum absolute atomic E-state index is 11.7. The number of halogens is 1. The molecule has 0 aliphatic rings. The average Bonchev–Trinajstić information content (AvgIpc) is 2.79. The lowest BCUT2D eigenvalue weighted by molar-refractivity contribution is 0.101. The van der Waals surface area contributed by atoms with Gasteiger partial charge < -0.3 is 4.57 Å². The summed E-state index contributed by atoms with van der Waals surface area (Å²) >= 11 is 6.24. The molecule has 3 aromatic rings. The highest BCUT2D eigenvalue weighted by molar-refractivity contribution is 6.32. The second-order valence-electron chi connectivity index (χ2n) is 4.44. The van der Waals surface area contributed by atoms with Gasteiger partial charge in [-0.2, -0.15) is 0 Å². The first-order chi connectivity index (χ1) is 9.18. The molecule has 0 radical (unpaired) electrons. The number of aromatic nitrogens is 1. The summed E-state index contributed by atoms with van der Waals surface area (Å²) in [5.74, 6) is 0.0574. The molecular formula is C16H12ClNO. The van der Waals surface area contributed by atoms with Crippen LogP contribution in [0, 0.1) is 0 Å². The molecule has 19 heavy (non-hydrogen) atoms. The fourth-order valence-corrected chi connectivity index (χ4v) is 2.53. The summed E-state index contributed by atoms with van der Waals surface area (Å²) in [6.45, 7) is 1.58. The Morgan fingerprint density at radius 2 is 1.74 bits per heavy atom. The first-order valence-corrected chi connectivity index (χ1v) is 6.42. The number of nitrogens with zero attached hydrogens (tertiary/aromatic N) is 1. The summed E-state index contributed by atoms with van der Waals surface area (Å²) in [4.78, 5) is 11.7. The SMILES string of the molecule is CC(=O)c1cn(-c2ccccc2Cl)c2ccccc12. The molecule has 0 saturated carbocycles. The normalized spacial score (nSPS) is 10.8. The quantitative estimate of drug-likeness (QED) is 0.629. The van der Waals surface area contributed by atoms with Crippen molar-refractivity contribution < 1.29 is 4.79 Å². The minimum Gasteiger partial charge on any atom is -0.314 e. The number of para-hydroxylation sites is 2. The van der Waals surface area contributed by atoms with Gasteiger partial charge in [0.05, 0.1) is 16.2 Å². The molecule has 0 aliphatic carbocycles. The highest BCUT2D eigenvalue weighted by Crippen LogP contribution is 2.28. The Labute approximate surface area is 116 Å². The van der Waals surface area contributed by atoms with Crippen LogP contribution in [0.4, 0.5) is 0 Å². The van der Waals surface area contributed by atoms with E-state index in [9.17, 15) is 4.79 Å². The van der Waals surface area contributed by atoms with Crippen molar-refractivity contribution in [2.45, 2.75) is 6.92 Å². The van der Waals surface area contributed by atoms with E-state index in [1.54, 1.807) is 6.92 Å². The first kappa shape index (κ1) is 12.0. The van der Waals surface area contributed by atoms with Crippen molar-refractivity contribution in [1.82, 2.24) is 4.57 Å². The fourth-order valence-electron chi connectivity index (χ4n) is 2.31. The van der Waals surface area contributed by atoms with E-state index in [0.717, 1.165) is 22.2 Å². The van der Waals surface area contributed by atoms with Crippen LogP contribution in [0.1, 0.15) is 17.3 Å². The minimum atomic E-state index is 0.0574. The number of Topliss-reactive ketones (excluding diaryl/α,β-unsaturated/α-hetero) is 1. The minimum absolute atomic E-state index is 0.0574. The summed E-state index contributed by atoms with van der Waals surface area (Å²) in [5, 5.41) is 1.62. The molecular weight excluding hydrogens is 258 g/mol. The Morgan fingerprint density at radius 3 is 2.47 bits per heavy atom. The Morgan fingerprint density at radius 1 is 1.05 bits per heavy atom. The summed E-state index contributed by atoms with van der Waals surface area (Å²) < 4.78 is 1.97. The van der Waals surface area contributed by atoms with Crippen molar-refractivity contribution in [3.05, 3.63) is 65.3 Å². The highest BCUT2D eigenvalue weighted by atomic mass is 35.5. The van der Waals surface area contributed by atoms with Crippen molar-refractivity contribution in [3.63, 3.8) is 0 Å². The van der Waals surface area contributed by atoms with Crippen LogP contribution in [0.15, 0.2) is 54.7 Å². The molecule has 2 aromatic carbocycles. The van der Waals surface area contributed by atoms with Gasteiger partial charge >= 0.3 is 0 Å². The highest BCUT2D eigenvalue weighted by Gasteiger charge is 2.13. The molecule has 3 heteroatoms. The number of hydrogen-bond acceptors (Lipinski definition) is 1. The molecule has 1 aromatic heterocycles. The number of rotatable bonds is 2. The average molecular weight is 270 g/mol. The molecule has 0 N–H and O–H groups in total. The van der Waals surface area contributed by atoms with Gasteiger partial charge in [0.15, 0.2) is 5.78 Å². The second kappa shape index (κ2) is 4.56. The van der Waals surface area contributed by atoms with Crippen LogP contribution in [0.3, 0.4) is 0 Å². The van der Waals surface area contributed by atoms with E-state index in [1.165, 1.54) is 0 Å². The maximum atomic E-state index is 11.7. The van der Waals surface area contributed by atoms with Crippen LogP contribution in [-0.2, 0) is 0 Å². The lowest BCUT2D eigenvalue weighted by atomic mass is 10.1. The number of carbonyl (C=O) groups excluding carboxylic acids is 1. The molecule has 0 fully saturated rings. The molecule has 3 rings (SSSR count). The molecule has 0 aliphatic heterocycles. The molecule has 0 saturated heterocycles. The van der Waals surface area contributed by atoms with Crippen LogP contribution in [0.5, 0.6) is 0 Å². The largest absolute Gasteiger partial charge is 0.314 e. The summed E-state index contributed by atoms with van der Waals surface area (Å²) in [6, 6.07) is 15.5. The van der Waals surface area contributed by atoms with E-state index in [-0.39, 0.29) is 5.78 Å². The van der Waals surface area contributed by atoms with Crippen LogP contribution < -0.4 is 0 Å². The van der Waals surface area contributed by atoms with Crippen molar-refractivity contribution >= 4 is 28.3 Å². The van der Waals surface area contributed by atoms with E-state index in [0.29, 0.717) is 5.02 Å². The smallest absolute Gasteiger partial charge is 0.161 e. The standard InChI is InChI=1S/C16H12ClNO/c1-11(19)13-10-18(15-8-4-2-6-12(13)15)16-9-5-3-7-14(16)17/h2-10H,1H3. The zero-order valence-electron chi connectivity index (χ0n) is 10.4. The van der Waals surface area contributed by atoms with E-state index >= 15 is 0 Å². The van der Waals surface area contributed by atoms with E-state index in [4.69, 9.17) is 11.6 Å². The molecule has 0 unspecified atom stereocenters. The molecule has 0 spiro atoms.